The van der Waals surface area contributed by atoms with E-state index < -0.39 is 0 Å². The van der Waals surface area contributed by atoms with Crippen molar-refractivity contribution >= 4 is 11.7 Å². The van der Waals surface area contributed by atoms with Crippen LogP contribution in [0.5, 0.6) is 0 Å². The molecule has 18 heavy (non-hydrogen) atoms. The molecule has 0 aromatic carbocycles. The van der Waals surface area contributed by atoms with Crippen LogP contribution >= 0.6 is 0 Å². The second kappa shape index (κ2) is 6.32. The molecule has 0 aliphatic heterocycles. The Morgan fingerprint density at radius 2 is 1.72 bits per heavy atom. The maximum atomic E-state index is 12.1. The van der Waals surface area contributed by atoms with Crippen molar-refractivity contribution in [3.8, 4) is 0 Å². The van der Waals surface area contributed by atoms with Crippen molar-refractivity contribution in [1.29, 1.82) is 0 Å². The van der Waals surface area contributed by atoms with Gasteiger partial charge in [-0.25, -0.2) is 0 Å². The zero-order chi connectivity index (χ0) is 13.0. The topological polar surface area (TPSA) is 49.4 Å². The highest BCUT2D eigenvalue weighted by Crippen LogP contribution is 2.24. The third-order valence-electron chi connectivity index (χ3n) is 3.84. The van der Waals surface area contributed by atoms with Crippen molar-refractivity contribution < 1.29 is 9.59 Å². The minimum Gasteiger partial charge on any atom is -0.352 e. The van der Waals surface area contributed by atoms with Crippen LogP contribution in [0.3, 0.4) is 0 Å². The van der Waals surface area contributed by atoms with E-state index in [1.807, 2.05) is 11.9 Å². The molecular formula is C14H24N2O2. The molecule has 0 aromatic heterocycles. The van der Waals surface area contributed by atoms with E-state index in [-0.39, 0.29) is 11.8 Å². The normalized spacial score (nSPS) is 21.0. The van der Waals surface area contributed by atoms with Crippen LogP contribution in [0.2, 0.25) is 0 Å². The average Bonchev–Trinajstić information content (AvgIpc) is 3.13. The number of ketones is 1. The lowest BCUT2D eigenvalue weighted by atomic mass is 9.86. The van der Waals surface area contributed by atoms with Crippen LogP contribution in [0.4, 0.5) is 0 Å². The molecule has 2 aliphatic rings. The second-order valence-corrected chi connectivity index (χ2v) is 5.82. The van der Waals surface area contributed by atoms with Crippen molar-refractivity contribution in [1.82, 2.24) is 10.2 Å². The van der Waals surface area contributed by atoms with Gasteiger partial charge in [0.25, 0.3) is 0 Å². The molecule has 2 rings (SSSR count). The predicted molar refractivity (Wildman–Crippen MR) is 70.2 cm³/mol. The van der Waals surface area contributed by atoms with E-state index in [4.69, 9.17) is 0 Å². The molecule has 0 aromatic rings. The zero-order valence-electron chi connectivity index (χ0n) is 11.3. The zero-order valence-corrected chi connectivity index (χ0v) is 11.3. The Morgan fingerprint density at radius 3 is 2.33 bits per heavy atom. The molecule has 2 fully saturated rings. The summed E-state index contributed by atoms with van der Waals surface area (Å²) in [4.78, 5) is 25.5. The van der Waals surface area contributed by atoms with Crippen molar-refractivity contribution in [2.45, 2.75) is 51.0 Å². The van der Waals surface area contributed by atoms with E-state index >= 15 is 0 Å². The number of rotatable bonds is 6. The Bertz CT molecular complexity index is 307. The Hall–Kier alpha value is -0.900. The second-order valence-electron chi connectivity index (χ2n) is 5.82. The molecule has 0 radical (unpaired) electrons. The molecule has 2 saturated carbocycles. The largest absolute Gasteiger partial charge is 0.352 e. The third-order valence-corrected chi connectivity index (χ3v) is 3.84. The fourth-order valence-electron chi connectivity index (χ4n) is 2.62. The molecule has 102 valence electrons. The lowest BCUT2D eigenvalue weighted by Crippen LogP contribution is -2.39. The number of nitrogens with one attached hydrogen (secondary N) is 1. The molecule has 0 heterocycles. The maximum Gasteiger partial charge on any atom is 0.234 e. The van der Waals surface area contributed by atoms with Crippen molar-refractivity contribution in [3.05, 3.63) is 0 Å². The van der Waals surface area contributed by atoms with Crippen molar-refractivity contribution in [2.75, 3.05) is 20.1 Å². The van der Waals surface area contributed by atoms with Crippen LogP contribution < -0.4 is 5.32 Å². The molecule has 4 heteroatoms. The summed E-state index contributed by atoms with van der Waals surface area (Å²) in [6.07, 6.45) is 7.93. The summed E-state index contributed by atoms with van der Waals surface area (Å²) < 4.78 is 0. The average molecular weight is 252 g/mol. The summed E-state index contributed by atoms with van der Waals surface area (Å²) in [7, 11) is 1.85. The van der Waals surface area contributed by atoms with Crippen molar-refractivity contribution in [2.24, 2.45) is 5.92 Å². The molecule has 0 atom stereocenters. The van der Waals surface area contributed by atoms with E-state index in [1.54, 1.807) is 0 Å². The number of hydrogen-bond acceptors (Lipinski definition) is 3. The minimum atomic E-state index is 0.0523. The molecule has 1 amide bonds. The number of hydrogen-bond donors (Lipinski definition) is 1. The number of nitrogens with zero attached hydrogens (tertiary/aromatic N) is 1. The van der Waals surface area contributed by atoms with Gasteiger partial charge >= 0.3 is 0 Å². The number of likely N-dealkylation sites (N-methyl/N-ethyl adjacent to an activating group) is 1. The van der Waals surface area contributed by atoms with E-state index in [2.05, 4.69) is 5.32 Å². The molecule has 0 saturated heterocycles. The van der Waals surface area contributed by atoms with Gasteiger partial charge in [-0.2, -0.15) is 0 Å². The van der Waals surface area contributed by atoms with Crippen LogP contribution in [-0.2, 0) is 9.59 Å². The predicted octanol–water partition coefficient (Wildman–Crippen LogP) is 1.35. The van der Waals surface area contributed by atoms with E-state index in [9.17, 15) is 9.59 Å². The Labute approximate surface area is 109 Å². The van der Waals surface area contributed by atoms with Gasteiger partial charge in [-0.1, -0.05) is 19.3 Å². The van der Waals surface area contributed by atoms with Gasteiger partial charge in [0.1, 0.15) is 5.78 Å². The van der Waals surface area contributed by atoms with Crippen LogP contribution in [0.25, 0.3) is 0 Å². The quantitative estimate of drug-likeness (QED) is 0.776. The van der Waals surface area contributed by atoms with Gasteiger partial charge in [0, 0.05) is 12.0 Å². The first-order chi connectivity index (χ1) is 8.65. The smallest absolute Gasteiger partial charge is 0.234 e. The fraction of sp³-hybridized carbons (Fsp3) is 0.857. The first-order valence-electron chi connectivity index (χ1n) is 7.16. The number of amides is 1. The van der Waals surface area contributed by atoms with Crippen LogP contribution in [-0.4, -0.2) is 42.8 Å². The Kier molecular flexibility index (Phi) is 4.75. The highest BCUT2D eigenvalue weighted by molar-refractivity contribution is 5.84. The van der Waals surface area contributed by atoms with Crippen molar-refractivity contribution in [3.63, 3.8) is 0 Å². The van der Waals surface area contributed by atoms with Gasteiger partial charge < -0.3 is 5.32 Å². The van der Waals surface area contributed by atoms with Crippen LogP contribution in [0.15, 0.2) is 0 Å². The van der Waals surface area contributed by atoms with E-state index in [1.165, 1.54) is 19.3 Å². The van der Waals surface area contributed by atoms with Gasteiger partial charge in [0.05, 0.1) is 13.1 Å². The lowest BCUT2D eigenvalue weighted by molar-refractivity contribution is -0.126. The molecule has 0 unspecified atom stereocenters. The van der Waals surface area contributed by atoms with Gasteiger partial charge in [-0.05, 0) is 32.7 Å². The molecule has 4 nitrogen and oxygen atoms in total. The summed E-state index contributed by atoms with van der Waals surface area (Å²) in [6, 6.07) is 0.403. The number of Topliss-reactive ketones (excluding diaryl/α,β-unsaturated/α-hetero) is 1. The summed E-state index contributed by atoms with van der Waals surface area (Å²) in [6.45, 7) is 0.762. The van der Waals surface area contributed by atoms with Gasteiger partial charge in [-0.3, -0.25) is 14.5 Å². The first-order valence-corrected chi connectivity index (χ1v) is 7.16. The highest BCUT2D eigenvalue weighted by atomic mass is 16.2. The molecule has 0 spiro atoms. The lowest BCUT2D eigenvalue weighted by Gasteiger charge is -2.23. The van der Waals surface area contributed by atoms with E-state index in [0.29, 0.717) is 24.9 Å². The summed E-state index contributed by atoms with van der Waals surface area (Å²) in [5.41, 5.74) is 0. The monoisotopic (exact) mass is 252 g/mol. The summed E-state index contributed by atoms with van der Waals surface area (Å²) in [5, 5.41) is 2.95. The summed E-state index contributed by atoms with van der Waals surface area (Å²) in [5.74, 6) is 0.612. The fourth-order valence-corrected chi connectivity index (χ4v) is 2.62. The number of carbonyl (C=O) groups is 2. The SMILES string of the molecule is CN(CC(=O)NC1CC1)CC(=O)C1CCCCC1. The summed E-state index contributed by atoms with van der Waals surface area (Å²) >= 11 is 0. The maximum absolute atomic E-state index is 12.1. The minimum absolute atomic E-state index is 0.0523. The Balaban J connectivity index is 1.66. The number of carbonyl (C=O) groups excluding carboxylic acids is 2. The Morgan fingerprint density at radius 1 is 1.06 bits per heavy atom. The van der Waals surface area contributed by atoms with Gasteiger partial charge in [0.15, 0.2) is 0 Å². The molecule has 2 aliphatic carbocycles. The van der Waals surface area contributed by atoms with Crippen LogP contribution in [0, 0.1) is 5.92 Å². The first kappa shape index (κ1) is 13.5. The molecule has 0 bridgehead atoms. The molecular weight excluding hydrogens is 228 g/mol. The molecule has 1 N–H and O–H groups in total. The highest BCUT2D eigenvalue weighted by Gasteiger charge is 2.25. The van der Waals surface area contributed by atoms with Crippen LogP contribution in [0.1, 0.15) is 44.9 Å². The third kappa shape index (κ3) is 4.41. The van der Waals surface area contributed by atoms with Gasteiger partial charge in [0.2, 0.25) is 5.91 Å². The van der Waals surface area contributed by atoms with Gasteiger partial charge in [-0.15, -0.1) is 0 Å². The van der Waals surface area contributed by atoms with E-state index in [0.717, 1.165) is 25.7 Å². The standard InChI is InChI=1S/C14H24N2O2/c1-16(10-14(18)15-12-7-8-12)9-13(17)11-5-3-2-4-6-11/h11-12H,2-10H2,1H3,(H,15,18).